The number of aromatic nitrogens is 1. The Bertz CT molecular complexity index is 569. The van der Waals surface area contributed by atoms with Crippen molar-refractivity contribution in [2.75, 3.05) is 20.3 Å². The second-order valence-corrected chi connectivity index (χ2v) is 3.80. The number of nitrogens with zero attached hydrogens (tertiary/aromatic N) is 1. The summed E-state index contributed by atoms with van der Waals surface area (Å²) in [7, 11) is 1.54. The zero-order valence-electron chi connectivity index (χ0n) is 10.4. The molecular weight excluding hydrogens is 251 g/mol. The quantitative estimate of drug-likeness (QED) is 0.837. The second-order valence-electron chi connectivity index (χ2n) is 3.80. The van der Waals surface area contributed by atoms with Crippen molar-refractivity contribution >= 4 is 5.91 Å². The molecule has 1 N–H and O–H groups in total. The molecule has 0 radical (unpaired) electrons. The van der Waals surface area contributed by atoms with Crippen molar-refractivity contribution < 1.29 is 18.4 Å². The first kappa shape index (κ1) is 13.2. The number of rotatable bonds is 5. The average molecular weight is 264 g/mol. The summed E-state index contributed by atoms with van der Waals surface area (Å²) in [4.78, 5) is 11.7. The van der Waals surface area contributed by atoms with Crippen LogP contribution in [0.1, 0.15) is 10.5 Å². The van der Waals surface area contributed by atoms with Crippen molar-refractivity contribution in [3.05, 3.63) is 41.8 Å². The summed E-state index contributed by atoms with van der Waals surface area (Å²) in [6.07, 6.45) is 0. The molecule has 100 valence electrons. The van der Waals surface area contributed by atoms with Crippen LogP contribution in [0.3, 0.4) is 0 Å². The van der Waals surface area contributed by atoms with Gasteiger partial charge < -0.3 is 14.6 Å². The van der Waals surface area contributed by atoms with Gasteiger partial charge in [0.25, 0.3) is 5.91 Å². The number of carbonyl (C=O) groups excluding carboxylic acids is 1. The van der Waals surface area contributed by atoms with Crippen LogP contribution in [0.4, 0.5) is 4.39 Å². The Morgan fingerprint density at radius 1 is 1.47 bits per heavy atom. The largest absolute Gasteiger partial charge is 0.383 e. The normalized spacial score (nSPS) is 10.4. The van der Waals surface area contributed by atoms with Crippen molar-refractivity contribution in [3.8, 4) is 11.3 Å². The van der Waals surface area contributed by atoms with Gasteiger partial charge >= 0.3 is 0 Å². The molecule has 2 aromatic rings. The summed E-state index contributed by atoms with van der Waals surface area (Å²) >= 11 is 0. The molecule has 19 heavy (non-hydrogen) atoms. The predicted octanol–water partition coefficient (Wildman–Crippen LogP) is 1.86. The van der Waals surface area contributed by atoms with Gasteiger partial charge in [0.05, 0.1) is 12.2 Å². The predicted molar refractivity (Wildman–Crippen MR) is 66.1 cm³/mol. The molecule has 0 saturated heterocycles. The van der Waals surface area contributed by atoms with Crippen LogP contribution in [0.2, 0.25) is 0 Å². The van der Waals surface area contributed by atoms with Gasteiger partial charge in [0, 0.05) is 19.7 Å². The van der Waals surface area contributed by atoms with Crippen LogP contribution in [0, 0.1) is 5.82 Å². The number of ether oxygens (including phenoxy) is 1. The lowest BCUT2D eigenvalue weighted by atomic mass is 10.1. The third-order valence-electron chi connectivity index (χ3n) is 2.47. The average Bonchev–Trinajstić information content (AvgIpc) is 2.89. The Balaban J connectivity index is 2.11. The third kappa shape index (κ3) is 3.17. The van der Waals surface area contributed by atoms with Crippen molar-refractivity contribution in [2.45, 2.75) is 0 Å². The Labute approximate surface area is 109 Å². The molecule has 0 fully saturated rings. The van der Waals surface area contributed by atoms with E-state index >= 15 is 0 Å². The molecule has 0 aliphatic rings. The van der Waals surface area contributed by atoms with E-state index in [9.17, 15) is 9.18 Å². The van der Waals surface area contributed by atoms with Crippen LogP contribution in [0.5, 0.6) is 0 Å². The molecule has 0 aliphatic heterocycles. The number of benzene rings is 1. The van der Waals surface area contributed by atoms with Gasteiger partial charge in [-0.1, -0.05) is 17.3 Å². The first-order valence-electron chi connectivity index (χ1n) is 5.71. The summed E-state index contributed by atoms with van der Waals surface area (Å²) in [6, 6.07) is 7.53. The van der Waals surface area contributed by atoms with Gasteiger partial charge in [0.15, 0.2) is 11.5 Å². The summed E-state index contributed by atoms with van der Waals surface area (Å²) < 4.78 is 23.3. The summed E-state index contributed by atoms with van der Waals surface area (Å²) in [6.45, 7) is 0.779. The molecule has 1 aromatic carbocycles. The highest BCUT2D eigenvalue weighted by molar-refractivity contribution is 5.93. The number of methoxy groups -OCH3 is 1. The Morgan fingerprint density at radius 2 is 2.26 bits per heavy atom. The van der Waals surface area contributed by atoms with Crippen LogP contribution in [-0.4, -0.2) is 31.3 Å². The van der Waals surface area contributed by atoms with Crippen LogP contribution in [0.15, 0.2) is 34.9 Å². The minimum atomic E-state index is -0.426. The maximum Gasteiger partial charge on any atom is 0.273 e. The molecule has 6 heteroatoms. The summed E-state index contributed by atoms with van der Waals surface area (Å²) in [5.74, 6) is -0.594. The Hall–Kier alpha value is -2.21. The highest BCUT2D eigenvalue weighted by atomic mass is 19.1. The number of carbonyl (C=O) groups is 1. The zero-order valence-corrected chi connectivity index (χ0v) is 10.4. The highest BCUT2D eigenvalue weighted by Crippen LogP contribution is 2.23. The van der Waals surface area contributed by atoms with Crippen molar-refractivity contribution in [2.24, 2.45) is 0 Å². The maximum absolute atomic E-state index is 13.5. The number of hydrogen-bond donors (Lipinski definition) is 1. The summed E-state index contributed by atoms with van der Waals surface area (Å²) in [5, 5.41) is 6.22. The minimum Gasteiger partial charge on any atom is -0.383 e. The topological polar surface area (TPSA) is 64.4 Å². The van der Waals surface area contributed by atoms with Crippen LogP contribution in [-0.2, 0) is 4.74 Å². The Kier molecular flexibility index (Phi) is 4.25. The molecule has 0 unspecified atom stereocenters. The number of nitrogens with one attached hydrogen (secondary N) is 1. The smallest absolute Gasteiger partial charge is 0.273 e. The highest BCUT2D eigenvalue weighted by Gasteiger charge is 2.15. The van der Waals surface area contributed by atoms with E-state index in [1.165, 1.54) is 12.1 Å². The molecular formula is C13H13FN2O3. The van der Waals surface area contributed by atoms with Gasteiger partial charge in [-0.25, -0.2) is 4.39 Å². The molecule has 0 saturated carbocycles. The van der Waals surface area contributed by atoms with Crippen LogP contribution < -0.4 is 5.32 Å². The lowest BCUT2D eigenvalue weighted by Gasteiger charge is -2.00. The second kappa shape index (κ2) is 6.10. The van der Waals surface area contributed by atoms with Crippen molar-refractivity contribution in [1.29, 1.82) is 0 Å². The van der Waals surface area contributed by atoms with E-state index in [1.54, 1.807) is 25.3 Å². The SMILES string of the molecule is COCCNC(=O)c1cc(-c2ccccc2F)on1. The minimum absolute atomic E-state index is 0.106. The molecule has 0 atom stereocenters. The standard InChI is InChI=1S/C13H13FN2O3/c1-18-7-6-15-13(17)11-8-12(19-16-11)9-4-2-3-5-10(9)14/h2-5,8H,6-7H2,1H3,(H,15,17). The molecule has 2 rings (SSSR count). The first-order valence-corrected chi connectivity index (χ1v) is 5.71. The fraction of sp³-hybridized carbons (Fsp3) is 0.231. The van der Waals surface area contributed by atoms with E-state index in [0.29, 0.717) is 13.2 Å². The third-order valence-corrected chi connectivity index (χ3v) is 2.47. The van der Waals surface area contributed by atoms with E-state index in [0.717, 1.165) is 0 Å². The Morgan fingerprint density at radius 3 is 3.00 bits per heavy atom. The van der Waals surface area contributed by atoms with Crippen molar-refractivity contribution in [3.63, 3.8) is 0 Å². The lowest BCUT2D eigenvalue weighted by Crippen LogP contribution is -2.27. The maximum atomic E-state index is 13.5. The number of amides is 1. The van der Waals surface area contributed by atoms with Crippen LogP contribution >= 0.6 is 0 Å². The van der Waals surface area contributed by atoms with E-state index in [1.807, 2.05) is 0 Å². The molecule has 1 amide bonds. The fourth-order valence-electron chi connectivity index (χ4n) is 1.53. The molecule has 5 nitrogen and oxygen atoms in total. The first-order chi connectivity index (χ1) is 9.22. The van der Waals surface area contributed by atoms with Gasteiger partial charge in [0.1, 0.15) is 5.82 Å². The van der Waals surface area contributed by atoms with Gasteiger partial charge in [0.2, 0.25) is 0 Å². The number of hydrogen-bond acceptors (Lipinski definition) is 4. The van der Waals surface area contributed by atoms with E-state index in [2.05, 4.69) is 10.5 Å². The van der Waals surface area contributed by atoms with E-state index < -0.39 is 5.82 Å². The van der Waals surface area contributed by atoms with Gasteiger partial charge in [-0.05, 0) is 12.1 Å². The molecule has 0 spiro atoms. The molecule has 0 aliphatic carbocycles. The van der Waals surface area contributed by atoms with Gasteiger partial charge in [-0.15, -0.1) is 0 Å². The number of halogens is 1. The lowest BCUT2D eigenvalue weighted by molar-refractivity contribution is 0.0928. The fourth-order valence-corrected chi connectivity index (χ4v) is 1.53. The monoisotopic (exact) mass is 264 g/mol. The zero-order chi connectivity index (χ0) is 13.7. The van der Waals surface area contributed by atoms with Crippen LogP contribution in [0.25, 0.3) is 11.3 Å². The molecule has 0 bridgehead atoms. The van der Waals surface area contributed by atoms with Gasteiger partial charge in [-0.3, -0.25) is 4.79 Å². The van der Waals surface area contributed by atoms with E-state index in [-0.39, 0.29) is 22.9 Å². The van der Waals surface area contributed by atoms with Crippen molar-refractivity contribution in [1.82, 2.24) is 10.5 Å². The molecule has 1 aromatic heterocycles. The molecule has 1 heterocycles. The van der Waals surface area contributed by atoms with Gasteiger partial charge in [-0.2, -0.15) is 0 Å². The summed E-state index contributed by atoms with van der Waals surface area (Å²) in [5.41, 5.74) is 0.375. The van der Waals surface area contributed by atoms with E-state index in [4.69, 9.17) is 9.26 Å².